The van der Waals surface area contributed by atoms with E-state index in [1.54, 1.807) is 49.1 Å². The van der Waals surface area contributed by atoms with Gasteiger partial charge in [-0.3, -0.25) is 9.79 Å². The van der Waals surface area contributed by atoms with Gasteiger partial charge in [-0.05, 0) is 49.9 Å². The summed E-state index contributed by atoms with van der Waals surface area (Å²) < 4.78 is 26.1. The van der Waals surface area contributed by atoms with Crippen LogP contribution in [0.3, 0.4) is 0 Å². The molecule has 1 N–H and O–H groups in total. The van der Waals surface area contributed by atoms with Gasteiger partial charge in [-0.1, -0.05) is 6.07 Å². The molecule has 3 aromatic rings. The van der Waals surface area contributed by atoms with Crippen molar-refractivity contribution < 1.29 is 23.8 Å². The Labute approximate surface area is 192 Å². The monoisotopic (exact) mass is 475 g/mol. The molecule has 1 aliphatic rings. The quantitative estimate of drug-likeness (QED) is 0.577. The maximum Gasteiger partial charge on any atom is 0.283 e. The van der Waals surface area contributed by atoms with Crippen LogP contribution in [-0.4, -0.2) is 53.4 Å². The van der Waals surface area contributed by atoms with Crippen LogP contribution in [0, 0.1) is 5.82 Å². The van der Waals surface area contributed by atoms with Crippen molar-refractivity contribution in [2.75, 3.05) is 31.7 Å². The topological polar surface area (TPSA) is 84.2 Å². The number of methoxy groups -OCH3 is 1. The molecular weight excluding hydrogens is 453 g/mol. The highest BCUT2D eigenvalue weighted by atomic mass is 32.2. The van der Waals surface area contributed by atoms with Crippen molar-refractivity contribution in [1.29, 1.82) is 0 Å². The number of fused-ring (bicyclic) bond motifs is 1. The summed E-state index contributed by atoms with van der Waals surface area (Å²) in [5, 5.41) is 10.2. The van der Waals surface area contributed by atoms with Gasteiger partial charge in [-0.15, -0.1) is 11.3 Å². The van der Waals surface area contributed by atoms with Gasteiger partial charge in [-0.2, -0.15) is 0 Å². The first-order valence-electron chi connectivity index (χ1n) is 9.87. The molecule has 0 saturated carbocycles. The average molecular weight is 476 g/mol. The van der Waals surface area contributed by atoms with Gasteiger partial charge in [0.05, 0.1) is 29.5 Å². The Balaban J connectivity index is 1.53. The van der Waals surface area contributed by atoms with E-state index in [-0.39, 0.29) is 18.3 Å². The summed E-state index contributed by atoms with van der Waals surface area (Å²) >= 11 is 2.35. The molecule has 32 heavy (non-hydrogen) atoms. The van der Waals surface area contributed by atoms with Gasteiger partial charge in [-0.25, -0.2) is 9.37 Å². The van der Waals surface area contributed by atoms with E-state index in [9.17, 15) is 14.3 Å². The van der Waals surface area contributed by atoms with E-state index in [2.05, 4.69) is 9.98 Å². The van der Waals surface area contributed by atoms with Gasteiger partial charge >= 0.3 is 0 Å². The van der Waals surface area contributed by atoms with Crippen LogP contribution in [0.25, 0.3) is 10.2 Å². The number of aliphatic imine (C=N–C) groups is 1. The molecule has 0 bridgehead atoms. The zero-order chi connectivity index (χ0) is 22.9. The molecular formula is C22H22FN3O4S2. The Morgan fingerprint density at radius 1 is 1.28 bits per heavy atom. The van der Waals surface area contributed by atoms with Crippen LogP contribution in [-0.2, 0) is 4.79 Å². The van der Waals surface area contributed by atoms with Crippen LogP contribution in [0.15, 0.2) is 45.7 Å². The zero-order valence-corrected chi connectivity index (χ0v) is 19.4. The van der Waals surface area contributed by atoms with Crippen molar-refractivity contribution in [3.05, 3.63) is 42.2 Å². The van der Waals surface area contributed by atoms with Gasteiger partial charge in [0.25, 0.3) is 5.91 Å². The molecule has 1 aromatic heterocycles. The minimum Gasteiger partial charge on any atom is -0.493 e. The maximum absolute atomic E-state index is 14.0. The highest BCUT2D eigenvalue weighted by molar-refractivity contribution is 8.17. The molecule has 2 heterocycles. The van der Waals surface area contributed by atoms with Gasteiger partial charge in [0, 0.05) is 18.3 Å². The molecule has 4 rings (SSSR count). The van der Waals surface area contributed by atoms with Crippen LogP contribution < -0.4 is 14.4 Å². The third-order valence-corrected chi connectivity index (χ3v) is 6.72. The molecule has 0 aliphatic carbocycles. The lowest BCUT2D eigenvalue weighted by Gasteiger charge is -2.27. The van der Waals surface area contributed by atoms with Crippen LogP contribution in [0.1, 0.15) is 13.8 Å². The van der Waals surface area contributed by atoms with Crippen LogP contribution in [0.2, 0.25) is 0 Å². The molecule has 1 aliphatic heterocycles. The van der Waals surface area contributed by atoms with E-state index in [4.69, 9.17) is 9.47 Å². The number of ether oxygens (including phenoxy) is 2. The van der Waals surface area contributed by atoms with Crippen molar-refractivity contribution in [2.24, 2.45) is 4.99 Å². The van der Waals surface area contributed by atoms with E-state index >= 15 is 0 Å². The molecule has 0 unspecified atom stereocenters. The van der Waals surface area contributed by atoms with Gasteiger partial charge < -0.3 is 19.5 Å². The summed E-state index contributed by atoms with van der Waals surface area (Å²) in [7, 11) is 1.52. The number of halogens is 1. The molecule has 0 saturated heterocycles. The number of nitrogens with zero attached hydrogens (tertiary/aromatic N) is 3. The van der Waals surface area contributed by atoms with Crippen molar-refractivity contribution in [2.45, 2.75) is 23.8 Å². The molecule has 0 atom stereocenters. The largest absolute Gasteiger partial charge is 0.493 e. The molecule has 0 spiro atoms. The van der Waals surface area contributed by atoms with Crippen molar-refractivity contribution in [3.63, 3.8) is 0 Å². The second-order valence-corrected chi connectivity index (χ2v) is 9.98. The Bertz CT molecular complexity index is 1190. The minimum absolute atomic E-state index is 0.0988. The molecule has 168 valence electrons. The van der Waals surface area contributed by atoms with Gasteiger partial charge in [0.2, 0.25) is 0 Å². The summed E-state index contributed by atoms with van der Waals surface area (Å²) in [6.45, 7) is 4.26. The summed E-state index contributed by atoms with van der Waals surface area (Å²) in [6.07, 6.45) is 0. The number of hydrogen-bond donors (Lipinski definition) is 1. The van der Waals surface area contributed by atoms with Crippen LogP contribution in [0.4, 0.5) is 10.1 Å². The lowest BCUT2D eigenvalue weighted by atomic mass is 10.1. The second-order valence-electron chi connectivity index (χ2n) is 7.75. The summed E-state index contributed by atoms with van der Waals surface area (Å²) in [5.74, 6) is 0.345. The maximum atomic E-state index is 14.0. The highest BCUT2D eigenvalue weighted by Gasteiger charge is 2.28. The van der Waals surface area contributed by atoms with Gasteiger partial charge in [0.1, 0.15) is 12.4 Å². The number of aromatic nitrogens is 1. The number of anilines is 1. The minimum atomic E-state index is -0.987. The molecule has 10 heteroatoms. The SMILES string of the molecule is COc1cc(N2CCN=C(Sc3nc4cccc(F)c4s3)C2=O)ccc1OCC(C)(C)O. The summed E-state index contributed by atoms with van der Waals surface area (Å²) in [6, 6.07) is 9.94. The number of rotatable bonds is 6. The fourth-order valence-corrected chi connectivity index (χ4v) is 5.10. The lowest BCUT2D eigenvalue weighted by Crippen LogP contribution is -2.41. The number of carbonyl (C=O) groups is 1. The van der Waals surface area contributed by atoms with Crippen molar-refractivity contribution in [1.82, 2.24) is 4.98 Å². The number of aliphatic hydroxyl groups is 1. The smallest absolute Gasteiger partial charge is 0.283 e. The standard InChI is InChI=1S/C22H22FN3O4S2/c1-22(2,28)12-30-16-8-7-13(11-17(16)29-3)26-10-9-24-19(20(26)27)32-21-25-15-6-4-5-14(23)18(15)31-21/h4-8,11,28H,9-10,12H2,1-3H3. The number of thiazole rings is 1. The third-order valence-electron chi connectivity index (χ3n) is 4.58. The highest BCUT2D eigenvalue weighted by Crippen LogP contribution is 2.35. The first-order chi connectivity index (χ1) is 15.2. The molecule has 0 fully saturated rings. The number of amides is 1. The Morgan fingerprint density at radius 3 is 2.81 bits per heavy atom. The van der Waals surface area contributed by atoms with E-state index < -0.39 is 5.60 Å². The molecule has 0 radical (unpaired) electrons. The molecule has 1 amide bonds. The molecule has 7 nitrogen and oxygen atoms in total. The normalized spacial score (nSPS) is 14.6. The van der Waals surface area contributed by atoms with Crippen molar-refractivity contribution in [3.8, 4) is 11.5 Å². The Hall–Kier alpha value is -2.69. The molecule has 2 aromatic carbocycles. The first-order valence-corrected chi connectivity index (χ1v) is 11.5. The van der Waals surface area contributed by atoms with Gasteiger partial charge in [0.15, 0.2) is 20.9 Å². The predicted molar refractivity (Wildman–Crippen MR) is 125 cm³/mol. The van der Waals surface area contributed by atoms with E-state index in [1.807, 2.05) is 0 Å². The average Bonchev–Trinajstić information content (AvgIpc) is 3.17. The first kappa shape index (κ1) is 22.5. The number of benzene rings is 2. The van der Waals surface area contributed by atoms with Crippen LogP contribution in [0.5, 0.6) is 11.5 Å². The number of carbonyl (C=O) groups excluding carboxylic acids is 1. The lowest BCUT2D eigenvalue weighted by molar-refractivity contribution is -0.112. The summed E-state index contributed by atoms with van der Waals surface area (Å²) in [4.78, 5) is 23.5. The number of hydrogen-bond acceptors (Lipinski definition) is 8. The fourth-order valence-electron chi connectivity index (χ4n) is 3.08. The Kier molecular flexibility index (Phi) is 6.36. The second kappa shape index (κ2) is 9.05. The van der Waals surface area contributed by atoms with Crippen molar-refractivity contribution >= 4 is 50.0 Å². The number of thioether (sulfide) groups is 1. The van der Waals surface area contributed by atoms with E-state index in [0.717, 1.165) is 11.8 Å². The van der Waals surface area contributed by atoms with Crippen LogP contribution >= 0.6 is 23.1 Å². The zero-order valence-electron chi connectivity index (χ0n) is 17.8. The predicted octanol–water partition coefficient (Wildman–Crippen LogP) is 4.13. The Morgan fingerprint density at radius 2 is 2.09 bits per heavy atom. The van der Waals surface area contributed by atoms with E-state index in [0.29, 0.717) is 49.9 Å². The third kappa shape index (κ3) is 4.87. The summed E-state index contributed by atoms with van der Waals surface area (Å²) in [5.41, 5.74) is 0.217. The van der Waals surface area contributed by atoms with E-state index in [1.165, 1.54) is 24.5 Å². The fraction of sp³-hybridized carbons (Fsp3) is 0.318.